The van der Waals surface area contributed by atoms with E-state index in [0.717, 1.165) is 22.7 Å². The van der Waals surface area contributed by atoms with Crippen LogP contribution in [0.5, 0.6) is 0 Å². The Morgan fingerprint density at radius 3 is 2.88 bits per heavy atom. The minimum Gasteiger partial charge on any atom is -0.465 e. The van der Waals surface area contributed by atoms with Crippen LogP contribution < -0.4 is 5.01 Å². The predicted molar refractivity (Wildman–Crippen MR) is 90.2 cm³/mol. The van der Waals surface area contributed by atoms with Crippen LogP contribution in [0.15, 0.2) is 48.9 Å². The van der Waals surface area contributed by atoms with E-state index >= 15 is 0 Å². The van der Waals surface area contributed by atoms with E-state index in [1.165, 1.54) is 6.20 Å². The number of carbonyl (C=O) groups excluding carboxylic acids is 1. The highest BCUT2D eigenvalue weighted by Gasteiger charge is 2.20. The number of benzene rings is 1. The zero-order chi connectivity index (χ0) is 17.1. The summed E-state index contributed by atoms with van der Waals surface area (Å²) in [7, 11) is 0. The van der Waals surface area contributed by atoms with E-state index in [1.807, 2.05) is 37.4 Å². The number of halogens is 1. The van der Waals surface area contributed by atoms with E-state index in [-0.39, 0.29) is 18.8 Å². The zero-order valence-electron chi connectivity index (χ0n) is 13.6. The number of carbonyl (C=O) groups is 1. The van der Waals surface area contributed by atoms with E-state index < -0.39 is 11.8 Å². The molecule has 3 rings (SSSR count). The number of hydrogen-bond acceptors (Lipinski definition) is 4. The van der Waals surface area contributed by atoms with Gasteiger partial charge in [0.15, 0.2) is 5.82 Å². The van der Waals surface area contributed by atoms with Gasteiger partial charge < -0.3 is 4.74 Å². The lowest BCUT2D eigenvalue weighted by molar-refractivity contribution is -0.141. The number of fused-ring (bicyclic) bond motifs is 1. The van der Waals surface area contributed by atoms with Crippen LogP contribution >= 0.6 is 0 Å². The minimum absolute atomic E-state index is 0.104. The predicted octanol–water partition coefficient (Wildman–Crippen LogP) is 3.32. The average Bonchev–Trinajstić information content (AvgIpc) is 2.91. The molecule has 0 aliphatic rings. The summed E-state index contributed by atoms with van der Waals surface area (Å²) >= 11 is 0. The summed E-state index contributed by atoms with van der Waals surface area (Å²) in [6, 6.07) is 9.32. The fourth-order valence-corrected chi connectivity index (χ4v) is 2.71. The maximum absolute atomic E-state index is 14.3. The lowest BCUT2D eigenvalue weighted by Crippen LogP contribution is -2.35. The van der Waals surface area contributed by atoms with Gasteiger partial charge in [-0.15, -0.1) is 0 Å². The van der Waals surface area contributed by atoms with E-state index in [0.29, 0.717) is 0 Å². The van der Waals surface area contributed by atoms with Gasteiger partial charge in [0, 0.05) is 17.8 Å². The van der Waals surface area contributed by atoms with Crippen molar-refractivity contribution in [1.82, 2.24) is 9.66 Å². The molecule has 0 aliphatic heterocycles. The van der Waals surface area contributed by atoms with E-state index in [2.05, 4.69) is 4.98 Å². The number of aromatic nitrogens is 2. The summed E-state index contributed by atoms with van der Waals surface area (Å²) in [4.78, 5) is 15.8. The van der Waals surface area contributed by atoms with Gasteiger partial charge >= 0.3 is 5.97 Å². The number of ether oxygens (including phenoxy) is 1. The van der Waals surface area contributed by atoms with Crippen LogP contribution in [0.4, 0.5) is 10.1 Å². The lowest BCUT2D eigenvalue weighted by Gasteiger charge is -2.26. The lowest BCUT2D eigenvalue weighted by atomic mass is 10.2. The molecule has 1 aromatic carbocycles. The van der Waals surface area contributed by atoms with Crippen LogP contribution in [0.2, 0.25) is 0 Å². The first-order chi connectivity index (χ1) is 11.6. The van der Waals surface area contributed by atoms with Crippen molar-refractivity contribution in [3.63, 3.8) is 0 Å². The molecule has 2 aromatic heterocycles. The molecule has 0 amide bonds. The van der Waals surface area contributed by atoms with Gasteiger partial charge in [0.2, 0.25) is 0 Å². The number of hydrogen-bond donors (Lipinski definition) is 0. The largest absolute Gasteiger partial charge is 0.465 e. The molecule has 0 spiro atoms. The standard InChI is InChI=1S/C18H18FN3O2/c1-3-24-18(23)12-22(17-8-9-20-10-15(17)19)21-11-13(2)14-6-4-5-7-16(14)21/h4-11H,3,12H2,1-2H3. The highest BCUT2D eigenvalue weighted by molar-refractivity contribution is 5.85. The topological polar surface area (TPSA) is 47.4 Å². The second kappa shape index (κ2) is 6.70. The summed E-state index contributed by atoms with van der Waals surface area (Å²) < 4.78 is 21.1. The monoisotopic (exact) mass is 327 g/mol. The van der Waals surface area contributed by atoms with Gasteiger partial charge in [-0.05, 0) is 31.5 Å². The molecule has 0 saturated carbocycles. The maximum atomic E-state index is 14.3. The Morgan fingerprint density at radius 1 is 1.33 bits per heavy atom. The summed E-state index contributed by atoms with van der Waals surface area (Å²) in [5.41, 5.74) is 2.18. The highest BCUT2D eigenvalue weighted by atomic mass is 19.1. The van der Waals surface area contributed by atoms with Crippen LogP contribution in [0.3, 0.4) is 0 Å². The van der Waals surface area contributed by atoms with Gasteiger partial charge in [-0.25, -0.2) is 4.39 Å². The molecule has 0 fully saturated rings. The maximum Gasteiger partial charge on any atom is 0.327 e. The van der Waals surface area contributed by atoms with Crippen molar-refractivity contribution in [1.29, 1.82) is 0 Å². The van der Waals surface area contributed by atoms with Crippen molar-refractivity contribution < 1.29 is 13.9 Å². The van der Waals surface area contributed by atoms with E-state index in [9.17, 15) is 9.18 Å². The third-order valence-electron chi connectivity index (χ3n) is 3.77. The van der Waals surface area contributed by atoms with Gasteiger partial charge in [0.05, 0.1) is 24.0 Å². The molecule has 0 radical (unpaired) electrons. The Bertz CT molecular complexity index is 876. The number of rotatable bonds is 5. The van der Waals surface area contributed by atoms with Crippen molar-refractivity contribution in [3.05, 3.63) is 60.3 Å². The summed E-state index contributed by atoms with van der Waals surface area (Å²) in [6.45, 7) is 3.89. The van der Waals surface area contributed by atoms with E-state index in [1.54, 1.807) is 22.7 Å². The number of nitrogens with zero attached hydrogens (tertiary/aromatic N) is 3. The molecule has 3 aromatic rings. The molecule has 0 saturated heterocycles. The highest BCUT2D eigenvalue weighted by Crippen LogP contribution is 2.26. The van der Waals surface area contributed by atoms with E-state index in [4.69, 9.17) is 4.74 Å². The Balaban J connectivity index is 2.13. The molecule has 0 atom stereocenters. The number of esters is 1. The molecule has 0 aliphatic carbocycles. The van der Waals surface area contributed by atoms with Crippen LogP contribution in [-0.4, -0.2) is 28.8 Å². The second-order valence-electron chi connectivity index (χ2n) is 5.36. The number of aryl methyl sites for hydroxylation is 1. The minimum atomic E-state index is -0.503. The zero-order valence-corrected chi connectivity index (χ0v) is 13.6. The number of anilines is 1. The first-order valence-corrected chi connectivity index (χ1v) is 7.71. The van der Waals surface area contributed by atoms with Gasteiger partial charge in [0.25, 0.3) is 0 Å². The molecule has 2 heterocycles. The Hall–Kier alpha value is -2.89. The third kappa shape index (κ3) is 2.95. The van der Waals surface area contributed by atoms with Crippen molar-refractivity contribution in [2.75, 3.05) is 18.2 Å². The number of pyridine rings is 1. The van der Waals surface area contributed by atoms with Crippen LogP contribution in [-0.2, 0) is 9.53 Å². The van der Waals surface area contributed by atoms with Gasteiger partial charge in [-0.3, -0.25) is 19.5 Å². The van der Waals surface area contributed by atoms with Gasteiger partial charge in [-0.2, -0.15) is 0 Å². The number of para-hydroxylation sites is 1. The van der Waals surface area contributed by atoms with Crippen molar-refractivity contribution >= 4 is 22.6 Å². The molecule has 6 heteroatoms. The van der Waals surface area contributed by atoms with Crippen LogP contribution in [0, 0.1) is 12.7 Å². The first-order valence-electron chi connectivity index (χ1n) is 7.71. The summed E-state index contributed by atoms with van der Waals surface area (Å²) in [5.74, 6) is -0.929. The third-order valence-corrected chi connectivity index (χ3v) is 3.77. The molecule has 124 valence electrons. The average molecular weight is 327 g/mol. The second-order valence-corrected chi connectivity index (χ2v) is 5.36. The molecular formula is C18H18FN3O2. The fraction of sp³-hybridized carbons (Fsp3) is 0.222. The fourth-order valence-electron chi connectivity index (χ4n) is 2.71. The summed E-state index contributed by atoms with van der Waals surface area (Å²) in [5, 5.41) is 2.60. The Morgan fingerprint density at radius 2 is 2.12 bits per heavy atom. The van der Waals surface area contributed by atoms with Crippen molar-refractivity contribution in [3.8, 4) is 0 Å². The van der Waals surface area contributed by atoms with Gasteiger partial charge in [0.1, 0.15) is 6.54 Å². The van der Waals surface area contributed by atoms with Crippen LogP contribution in [0.1, 0.15) is 12.5 Å². The Labute approximate surface area is 139 Å². The Kier molecular flexibility index (Phi) is 4.46. The van der Waals surface area contributed by atoms with Crippen molar-refractivity contribution in [2.45, 2.75) is 13.8 Å². The smallest absolute Gasteiger partial charge is 0.327 e. The first kappa shape index (κ1) is 16.0. The molecule has 0 bridgehead atoms. The quantitative estimate of drug-likeness (QED) is 0.675. The molecule has 0 unspecified atom stereocenters. The van der Waals surface area contributed by atoms with Crippen molar-refractivity contribution in [2.24, 2.45) is 0 Å². The molecule has 0 N–H and O–H groups in total. The normalized spacial score (nSPS) is 10.8. The molecular weight excluding hydrogens is 309 g/mol. The van der Waals surface area contributed by atoms with Gasteiger partial charge in [-0.1, -0.05) is 18.2 Å². The summed E-state index contributed by atoms with van der Waals surface area (Å²) in [6.07, 6.45) is 4.50. The molecule has 24 heavy (non-hydrogen) atoms. The van der Waals surface area contributed by atoms with Crippen LogP contribution in [0.25, 0.3) is 10.9 Å². The molecule has 5 nitrogen and oxygen atoms in total. The SMILES string of the molecule is CCOC(=O)CN(c1ccncc1F)n1cc(C)c2ccccc21.